The van der Waals surface area contributed by atoms with Crippen LogP contribution in [0.5, 0.6) is 5.75 Å². The van der Waals surface area contributed by atoms with Crippen molar-refractivity contribution in [3.63, 3.8) is 0 Å². The Morgan fingerprint density at radius 1 is 1.33 bits per heavy atom. The van der Waals surface area contributed by atoms with E-state index in [1.54, 1.807) is 13.2 Å². The van der Waals surface area contributed by atoms with Gasteiger partial charge in [0.05, 0.1) is 13.7 Å². The van der Waals surface area contributed by atoms with Gasteiger partial charge in [0.15, 0.2) is 0 Å². The third-order valence-corrected chi connectivity index (χ3v) is 3.49. The number of methoxy groups -OCH3 is 1. The van der Waals surface area contributed by atoms with Gasteiger partial charge >= 0.3 is 0 Å². The number of ether oxygens (including phenoxy) is 1. The zero-order chi connectivity index (χ0) is 15.7. The van der Waals surface area contributed by atoms with E-state index in [1.807, 2.05) is 19.1 Å². The summed E-state index contributed by atoms with van der Waals surface area (Å²) in [5.41, 5.74) is 1.01. The van der Waals surface area contributed by atoms with Crippen LogP contribution in [0.1, 0.15) is 32.3 Å². The summed E-state index contributed by atoms with van der Waals surface area (Å²) in [7, 11) is 1.62. The van der Waals surface area contributed by atoms with Crippen LogP contribution in [0.4, 0.5) is 0 Å². The zero-order valence-corrected chi connectivity index (χ0v) is 13.9. The molecule has 1 aromatic rings. The number of hydrogen-bond acceptors (Lipinski definition) is 3. The topological polar surface area (TPSA) is 41.6 Å². The fourth-order valence-electron chi connectivity index (χ4n) is 2.08. The van der Waals surface area contributed by atoms with Crippen molar-refractivity contribution in [1.29, 1.82) is 0 Å². The molecule has 0 saturated heterocycles. The Bertz CT molecular complexity index is 452. The summed E-state index contributed by atoms with van der Waals surface area (Å²) < 4.78 is 5.15. The molecule has 0 saturated carbocycles. The Kier molecular flexibility index (Phi) is 8.16. The number of carbonyl (C=O) groups excluding carboxylic acids is 1. The highest BCUT2D eigenvalue weighted by atomic mass is 35.5. The predicted octanol–water partition coefficient (Wildman–Crippen LogP) is 3.09. The SMILES string of the molecule is CCCNC(=O)CN(CCC)Cc1ccc(OC)cc1Cl. The van der Waals surface area contributed by atoms with E-state index in [4.69, 9.17) is 16.3 Å². The van der Waals surface area contributed by atoms with Gasteiger partial charge in [-0.15, -0.1) is 0 Å². The number of carbonyl (C=O) groups is 1. The Balaban J connectivity index is 2.67. The van der Waals surface area contributed by atoms with E-state index in [0.29, 0.717) is 18.1 Å². The first-order valence-electron chi connectivity index (χ1n) is 7.42. The van der Waals surface area contributed by atoms with E-state index < -0.39 is 0 Å². The van der Waals surface area contributed by atoms with Gasteiger partial charge in [-0.05, 0) is 37.1 Å². The average Bonchev–Trinajstić information content (AvgIpc) is 2.47. The monoisotopic (exact) mass is 312 g/mol. The van der Waals surface area contributed by atoms with Crippen molar-refractivity contribution in [2.75, 3.05) is 26.7 Å². The van der Waals surface area contributed by atoms with E-state index in [0.717, 1.165) is 37.2 Å². The lowest BCUT2D eigenvalue weighted by atomic mass is 10.2. The maximum atomic E-state index is 11.9. The minimum atomic E-state index is 0.0648. The molecule has 0 radical (unpaired) electrons. The third-order valence-electron chi connectivity index (χ3n) is 3.13. The molecular formula is C16H25ClN2O2. The highest BCUT2D eigenvalue weighted by molar-refractivity contribution is 6.31. The van der Waals surface area contributed by atoms with E-state index in [9.17, 15) is 4.79 Å². The van der Waals surface area contributed by atoms with Crippen LogP contribution in [0.15, 0.2) is 18.2 Å². The van der Waals surface area contributed by atoms with Crippen LogP contribution >= 0.6 is 11.6 Å². The second kappa shape index (κ2) is 9.64. The number of nitrogens with one attached hydrogen (secondary N) is 1. The van der Waals surface area contributed by atoms with Gasteiger partial charge in [-0.3, -0.25) is 9.69 Å². The molecular weight excluding hydrogens is 288 g/mol. The molecule has 0 aliphatic carbocycles. The zero-order valence-electron chi connectivity index (χ0n) is 13.1. The molecule has 1 aromatic carbocycles. The second-order valence-corrected chi connectivity index (χ2v) is 5.43. The lowest BCUT2D eigenvalue weighted by Gasteiger charge is -2.22. The smallest absolute Gasteiger partial charge is 0.234 e. The molecule has 1 amide bonds. The predicted molar refractivity (Wildman–Crippen MR) is 86.9 cm³/mol. The molecule has 0 heterocycles. The van der Waals surface area contributed by atoms with Gasteiger partial charge in [-0.25, -0.2) is 0 Å². The van der Waals surface area contributed by atoms with Crippen LogP contribution in [0.3, 0.4) is 0 Å². The Morgan fingerprint density at radius 2 is 2.10 bits per heavy atom. The Labute approximate surface area is 132 Å². The van der Waals surface area contributed by atoms with Gasteiger partial charge < -0.3 is 10.1 Å². The van der Waals surface area contributed by atoms with Gasteiger partial charge in [-0.1, -0.05) is 31.5 Å². The van der Waals surface area contributed by atoms with Crippen LogP contribution in [0.25, 0.3) is 0 Å². The molecule has 0 aromatic heterocycles. The average molecular weight is 313 g/mol. The van der Waals surface area contributed by atoms with E-state index in [2.05, 4.69) is 17.1 Å². The number of benzene rings is 1. The number of rotatable bonds is 9. The molecule has 1 N–H and O–H groups in total. The van der Waals surface area contributed by atoms with Crippen molar-refractivity contribution in [2.45, 2.75) is 33.2 Å². The standard InChI is InChI=1S/C16H25ClN2O2/c1-4-8-18-16(20)12-19(9-5-2)11-13-6-7-14(21-3)10-15(13)17/h6-7,10H,4-5,8-9,11-12H2,1-3H3,(H,18,20). The maximum absolute atomic E-state index is 11.9. The summed E-state index contributed by atoms with van der Waals surface area (Å²) in [4.78, 5) is 14.0. The molecule has 0 fully saturated rings. The fraction of sp³-hybridized carbons (Fsp3) is 0.562. The molecule has 0 atom stereocenters. The van der Waals surface area contributed by atoms with Crippen molar-refractivity contribution >= 4 is 17.5 Å². The second-order valence-electron chi connectivity index (χ2n) is 5.02. The van der Waals surface area contributed by atoms with Crippen molar-refractivity contribution in [2.24, 2.45) is 0 Å². The number of amides is 1. The molecule has 4 nitrogen and oxygen atoms in total. The summed E-state index contributed by atoms with van der Waals surface area (Å²) in [5.74, 6) is 0.807. The molecule has 1 rings (SSSR count). The van der Waals surface area contributed by atoms with Crippen LogP contribution in [0, 0.1) is 0 Å². The molecule has 0 aliphatic heterocycles. The highest BCUT2D eigenvalue weighted by Crippen LogP contribution is 2.23. The highest BCUT2D eigenvalue weighted by Gasteiger charge is 2.12. The fourth-order valence-corrected chi connectivity index (χ4v) is 2.31. The van der Waals surface area contributed by atoms with E-state index in [-0.39, 0.29) is 5.91 Å². The molecule has 0 aliphatic rings. The van der Waals surface area contributed by atoms with Crippen LogP contribution in [-0.4, -0.2) is 37.6 Å². The summed E-state index contributed by atoms with van der Waals surface area (Å²) >= 11 is 6.27. The molecule has 5 heteroatoms. The first-order valence-corrected chi connectivity index (χ1v) is 7.80. The van der Waals surface area contributed by atoms with Gasteiger partial charge in [0.2, 0.25) is 5.91 Å². The normalized spacial score (nSPS) is 10.7. The largest absolute Gasteiger partial charge is 0.497 e. The summed E-state index contributed by atoms with van der Waals surface area (Å²) in [6, 6.07) is 5.65. The summed E-state index contributed by atoms with van der Waals surface area (Å²) in [5, 5.41) is 3.58. The van der Waals surface area contributed by atoms with Crippen LogP contribution < -0.4 is 10.1 Å². The third kappa shape index (κ3) is 6.36. The molecule has 0 spiro atoms. The van der Waals surface area contributed by atoms with Gasteiger partial charge in [-0.2, -0.15) is 0 Å². The minimum absolute atomic E-state index is 0.0648. The van der Waals surface area contributed by atoms with Crippen LogP contribution in [0.2, 0.25) is 5.02 Å². The van der Waals surface area contributed by atoms with Gasteiger partial charge in [0.1, 0.15) is 5.75 Å². The van der Waals surface area contributed by atoms with Crippen LogP contribution in [-0.2, 0) is 11.3 Å². The lowest BCUT2D eigenvalue weighted by molar-refractivity contribution is -0.122. The number of halogens is 1. The number of hydrogen-bond donors (Lipinski definition) is 1. The van der Waals surface area contributed by atoms with E-state index >= 15 is 0 Å². The number of nitrogens with zero attached hydrogens (tertiary/aromatic N) is 1. The quantitative estimate of drug-likeness (QED) is 0.762. The van der Waals surface area contributed by atoms with Crippen molar-refractivity contribution in [1.82, 2.24) is 10.2 Å². The lowest BCUT2D eigenvalue weighted by Crippen LogP contribution is -2.37. The minimum Gasteiger partial charge on any atom is -0.497 e. The van der Waals surface area contributed by atoms with Gasteiger partial charge in [0.25, 0.3) is 0 Å². The van der Waals surface area contributed by atoms with Crippen molar-refractivity contribution in [3.8, 4) is 5.75 Å². The maximum Gasteiger partial charge on any atom is 0.234 e. The first-order chi connectivity index (χ1) is 10.1. The van der Waals surface area contributed by atoms with Crippen molar-refractivity contribution < 1.29 is 9.53 Å². The Hall–Kier alpha value is -1.26. The Morgan fingerprint density at radius 3 is 2.67 bits per heavy atom. The first kappa shape index (κ1) is 17.8. The van der Waals surface area contributed by atoms with Gasteiger partial charge in [0, 0.05) is 18.1 Å². The van der Waals surface area contributed by atoms with E-state index in [1.165, 1.54) is 0 Å². The molecule has 0 unspecified atom stereocenters. The van der Waals surface area contributed by atoms with Crippen molar-refractivity contribution in [3.05, 3.63) is 28.8 Å². The molecule has 118 valence electrons. The summed E-state index contributed by atoms with van der Waals surface area (Å²) in [6.07, 6.45) is 1.94. The summed E-state index contributed by atoms with van der Waals surface area (Å²) in [6.45, 7) is 6.80. The molecule has 21 heavy (non-hydrogen) atoms. The molecule has 0 bridgehead atoms.